The molecule has 0 saturated carbocycles. The first-order valence-electron chi connectivity index (χ1n) is 5.40. The lowest BCUT2D eigenvalue weighted by Gasteiger charge is -2.16. The molecule has 2 rings (SSSR count). The number of rotatable bonds is 1. The predicted molar refractivity (Wildman–Crippen MR) is 71.7 cm³/mol. The zero-order valence-corrected chi connectivity index (χ0v) is 11.8. The number of hydrogen-bond donors (Lipinski definition) is 2. The van der Waals surface area contributed by atoms with Crippen molar-refractivity contribution >= 4 is 32.5 Å². The monoisotopic (exact) mass is 333 g/mol. The molecule has 0 bridgehead atoms. The van der Waals surface area contributed by atoms with E-state index in [4.69, 9.17) is 5.84 Å². The number of nitrogen functional groups attached to an aromatic ring is 1. The fourth-order valence-corrected chi connectivity index (χ4v) is 2.68. The van der Waals surface area contributed by atoms with E-state index in [0.717, 1.165) is 5.56 Å². The molecule has 0 atom stereocenters. The molecule has 0 aliphatic heterocycles. The van der Waals surface area contributed by atoms with Crippen LogP contribution in [0, 0.1) is 13.8 Å². The highest BCUT2D eigenvalue weighted by Gasteiger charge is 2.36. The molecular weight excluding hydrogens is 323 g/mol. The molecule has 102 valence electrons. The summed E-state index contributed by atoms with van der Waals surface area (Å²) >= 11 is 3.24. The molecular formula is C12H11BrF3N3. The number of aryl methyl sites for hydroxylation is 1. The van der Waals surface area contributed by atoms with E-state index < -0.39 is 11.9 Å². The Bertz CT molecular complexity index is 653. The van der Waals surface area contributed by atoms with Gasteiger partial charge in [-0.05, 0) is 47.5 Å². The van der Waals surface area contributed by atoms with Crippen molar-refractivity contribution in [3.05, 3.63) is 33.4 Å². The number of benzene rings is 1. The molecule has 0 fully saturated rings. The maximum Gasteiger partial charge on any atom is 0.433 e. The molecule has 3 nitrogen and oxygen atoms in total. The first-order chi connectivity index (χ1) is 8.75. The van der Waals surface area contributed by atoms with Crippen LogP contribution >= 0.6 is 15.9 Å². The highest BCUT2D eigenvalue weighted by Crippen LogP contribution is 2.38. The van der Waals surface area contributed by atoms with Crippen molar-refractivity contribution in [2.45, 2.75) is 20.0 Å². The van der Waals surface area contributed by atoms with E-state index in [-0.39, 0.29) is 16.8 Å². The third kappa shape index (κ3) is 2.40. The Morgan fingerprint density at radius 1 is 1.26 bits per heavy atom. The zero-order chi connectivity index (χ0) is 14.4. The minimum Gasteiger partial charge on any atom is -0.323 e. The quantitative estimate of drug-likeness (QED) is 0.614. The molecule has 7 heteroatoms. The maximum absolute atomic E-state index is 13.0. The first-order valence-corrected chi connectivity index (χ1v) is 6.19. The lowest BCUT2D eigenvalue weighted by Crippen LogP contribution is -2.16. The first kappa shape index (κ1) is 14.1. The number of alkyl halides is 3. The summed E-state index contributed by atoms with van der Waals surface area (Å²) in [7, 11) is 0. The summed E-state index contributed by atoms with van der Waals surface area (Å²) in [4.78, 5) is 3.73. The summed E-state index contributed by atoms with van der Waals surface area (Å²) in [5.74, 6) is 5.37. The van der Waals surface area contributed by atoms with Crippen LogP contribution in [0.2, 0.25) is 0 Å². The van der Waals surface area contributed by atoms with Crippen molar-refractivity contribution in [1.29, 1.82) is 0 Å². The third-order valence-corrected chi connectivity index (χ3v) is 3.45. The van der Waals surface area contributed by atoms with Crippen molar-refractivity contribution in [3.8, 4) is 0 Å². The van der Waals surface area contributed by atoms with E-state index in [1.807, 2.05) is 6.92 Å². The molecule has 0 unspecified atom stereocenters. The molecule has 0 saturated heterocycles. The third-order valence-electron chi connectivity index (χ3n) is 2.84. The van der Waals surface area contributed by atoms with Gasteiger partial charge in [0.1, 0.15) is 5.69 Å². The smallest absolute Gasteiger partial charge is 0.323 e. The van der Waals surface area contributed by atoms with Gasteiger partial charge in [0.05, 0.1) is 11.2 Å². The number of fused-ring (bicyclic) bond motifs is 1. The van der Waals surface area contributed by atoms with Crippen LogP contribution in [0.4, 0.5) is 18.9 Å². The Balaban J connectivity index is 2.95. The van der Waals surface area contributed by atoms with Crippen molar-refractivity contribution < 1.29 is 13.2 Å². The van der Waals surface area contributed by atoms with Gasteiger partial charge in [0.25, 0.3) is 0 Å². The van der Waals surface area contributed by atoms with Gasteiger partial charge >= 0.3 is 6.18 Å². The van der Waals surface area contributed by atoms with Crippen LogP contribution in [0.3, 0.4) is 0 Å². The summed E-state index contributed by atoms with van der Waals surface area (Å²) in [5.41, 5.74) is 2.77. The number of nitrogens with zero attached hydrogens (tertiary/aromatic N) is 1. The lowest BCUT2D eigenvalue weighted by molar-refractivity contribution is -0.141. The molecule has 1 aromatic carbocycles. The fourth-order valence-electron chi connectivity index (χ4n) is 2.02. The number of aromatic nitrogens is 1. The van der Waals surface area contributed by atoms with E-state index in [1.165, 1.54) is 6.92 Å². The lowest BCUT2D eigenvalue weighted by atomic mass is 10.0. The Labute approximate surface area is 116 Å². The molecule has 1 aromatic heterocycles. The summed E-state index contributed by atoms with van der Waals surface area (Å²) in [5, 5.41) is 0.555. The highest BCUT2D eigenvalue weighted by molar-refractivity contribution is 9.10. The van der Waals surface area contributed by atoms with Gasteiger partial charge in [-0.3, -0.25) is 5.84 Å². The standard InChI is InChI=1S/C12H11BrF3N3/c1-5-3-7-9(19-17)6(2)11(12(14,15)16)18-10(7)8(13)4-5/h3-4H,17H2,1-2H3,(H,18,19). The number of halogens is 4. The minimum atomic E-state index is -4.52. The number of anilines is 1. The van der Waals surface area contributed by atoms with Crippen LogP contribution in [0.25, 0.3) is 10.9 Å². The molecule has 0 spiro atoms. The predicted octanol–water partition coefficient (Wildman–Crippen LogP) is 3.92. The van der Waals surface area contributed by atoms with Crippen LogP contribution in [0.1, 0.15) is 16.8 Å². The van der Waals surface area contributed by atoms with Crippen molar-refractivity contribution in [3.63, 3.8) is 0 Å². The van der Waals surface area contributed by atoms with Crippen LogP contribution in [0.5, 0.6) is 0 Å². The van der Waals surface area contributed by atoms with Gasteiger partial charge < -0.3 is 5.43 Å². The second kappa shape index (κ2) is 4.64. The van der Waals surface area contributed by atoms with Crippen molar-refractivity contribution in [1.82, 2.24) is 4.98 Å². The molecule has 3 N–H and O–H groups in total. The number of pyridine rings is 1. The summed E-state index contributed by atoms with van der Waals surface area (Å²) < 4.78 is 39.4. The van der Waals surface area contributed by atoms with E-state index in [9.17, 15) is 13.2 Å². The molecule has 2 aromatic rings. The fraction of sp³-hybridized carbons (Fsp3) is 0.250. The van der Waals surface area contributed by atoms with E-state index >= 15 is 0 Å². The molecule has 1 heterocycles. The van der Waals surface area contributed by atoms with E-state index in [2.05, 4.69) is 26.3 Å². The van der Waals surface area contributed by atoms with Crippen LogP contribution in [0.15, 0.2) is 16.6 Å². The van der Waals surface area contributed by atoms with E-state index in [1.54, 1.807) is 12.1 Å². The maximum atomic E-state index is 13.0. The molecule has 0 radical (unpaired) electrons. The number of hydrogen-bond acceptors (Lipinski definition) is 3. The van der Waals surface area contributed by atoms with Crippen LogP contribution in [-0.4, -0.2) is 4.98 Å². The summed E-state index contributed by atoms with van der Waals surface area (Å²) in [6.07, 6.45) is -4.52. The summed E-state index contributed by atoms with van der Waals surface area (Å²) in [6.45, 7) is 3.19. The average molecular weight is 334 g/mol. The molecule has 0 amide bonds. The van der Waals surface area contributed by atoms with Gasteiger partial charge in [0, 0.05) is 15.4 Å². The topological polar surface area (TPSA) is 50.9 Å². The minimum absolute atomic E-state index is 0.0139. The Kier molecular flexibility index (Phi) is 3.44. The molecule has 19 heavy (non-hydrogen) atoms. The van der Waals surface area contributed by atoms with Crippen molar-refractivity contribution in [2.75, 3.05) is 5.43 Å². The number of nitrogens with one attached hydrogen (secondary N) is 1. The highest BCUT2D eigenvalue weighted by atomic mass is 79.9. The van der Waals surface area contributed by atoms with Gasteiger partial charge in [-0.15, -0.1) is 0 Å². The second-order valence-corrected chi connectivity index (χ2v) is 5.10. The van der Waals surface area contributed by atoms with Gasteiger partial charge in [0.15, 0.2) is 0 Å². The van der Waals surface area contributed by atoms with Crippen molar-refractivity contribution in [2.24, 2.45) is 5.84 Å². The van der Waals surface area contributed by atoms with Crippen LogP contribution < -0.4 is 11.3 Å². The summed E-state index contributed by atoms with van der Waals surface area (Å²) in [6, 6.07) is 3.46. The van der Waals surface area contributed by atoms with Gasteiger partial charge in [-0.2, -0.15) is 13.2 Å². The number of nitrogens with two attached hydrogens (primary N) is 1. The Morgan fingerprint density at radius 3 is 2.42 bits per heavy atom. The van der Waals surface area contributed by atoms with Gasteiger partial charge in [0.2, 0.25) is 0 Å². The Morgan fingerprint density at radius 2 is 1.89 bits per heavy atom. The van der Waals surface area contributed by atoms with Crippen LogP contribution in [-0.2, 0) is 6.18 Å². The molecule has 0 aliphatic carbocycles. The molecule has 0 aliphatic rings. The normalized spacial score (nSPS) is 11.9. The average Bonchev–Trinajstić information content (AvgIpc) is 2.26. The Hall–Kier alpha value is -1.34. The SMILES string of the molecule is Cc1cc(Br)c2nc(C(F)(F)F)c(C)c(NN)c2c1. The zero-order valence-electron chi connectivity index (χ0n) is 10.2. The largest absolute Gasteiger partial charge is 0.433 e. The van der Waals surface area contributed by atoms with E-state index in [0.29, 0.717) is 9.86 Å². The van der Waals surface area contributed by atoms with Gasteiger partial charge in [-0.25, -0.2) is 4.98 Å². The van der Waals surface area contributed by atoms with Gasteiger partial charge in [-0.1, -0.05) is 0 Å². The second-order valence-electron chi connectivity index (χ2n) is 4.25. The number of hydrazine groups is 1.